The minimum atomic E-state index is -1.19. The van der Waals surface area contributed by atoms with Gasteiger partial charge in [0.2, 0.25) is 0 Å². The van der Waals surface area contributed by atoms with Gasteiger partial charge >= 0.3 is 11.9 Å². The topological polar surface area (TPSA) is 78.4 Å². The van der Waals surface area contributed by atoms with Crippen molar-refractivity contribution in [2.45, 2.75) is 24.7 Å². The fraction of sp³-hybridized carbons (Fsp3) is 0.500. The molecule has 102 valence electrons. The molecule has 1 fully saturated rings. The van der Waals surface area contributed by atoms with Gasteiger partial charge < -0.3 is 9.47 Å². The van der Waals surface area contributed by atoms with Gasteiger partial charge in [-0.15, -0.1) is 0 Å². The number of aromatic nitrogens is 2. The molecule has 7 heteroatoms. The molecular formula is C12H13BrN2O4. The zero-order valence-electron chi connectivity index (χ0n) is 10.6. The summed E-state index contributed by atoms with van der Waals surface area (Å²) in [4.78, 5) is 31.7. The molecule has 1 aromatic heterocycles. The van der Waals surface area contributed by atoms with Gasteiger partial charge in [0.05, 0.1) is 30.1 Å². The van der Waals surface area contributed by atoms with E-state index < -0.39 is 17.9 Å². The Kier molecular flexibility index (Phi) is 4.14. The van der Waals surface area contributed by atoms with Crippen LogP contribution in [0.25, 0.3) is 0 Å². The van der Waals surface area contributed by atoms with Gasteiger partial charge in [-0.3, -0.25) is 9.59 Å². The van der Waals surface area contributed by atoms with Crippen LogP contribution >= 0.6 is 15.9 Å². The van der Waals surface area contributed by atoms with Crippen LogP contribution in [0.2, 0.25) is 0 Å². The predicted molar refractivity (Wildman–Crippen MR) is 68.5 cm³/mol. The first kappa shape index (κ1) is 13.9. The fourth-order valence-electron chi connectivity index (χ4n) is 1.80. The van der Waals surface area contributed by atoms with Crippen LogP contribution in [0.5, 0.6) is 0 Å². The van der Waals surface area contributed by atoms with Crippen LogP contribution in [-0.2, 0) is 19.1 Å². The third-order valence-electron chi connectivity index (χ3n) is 2.95. The van der Waals surface area contributed by atoms with Gasteiger partial charge in [-0.05, 0) is 28.8 Å². The third-order valence-corrected chi connectivity index (χ3v) is 3.77. The van der Waals surface area contributed by atoms with Gasteiger partial charge in [0, 0.05) is 5.92 Å². The SMILES string of the molecule is COC(=O)C(C(=O)OC)c1ncnc(C2CC2)c1Br. The van der Waals surface area contributed by atoms with Crippen molar-refractivity contribution < 1.29 is 19.1 Å². The number of carbonyl (C=O) groups excluding carboxylic acids is 2. The van der Waals surface area contributed by atoms with Crippen molar-refractivity contribution in [1.82, 2.24) is 9.97 Å². The molecule has 0 bridgehead atoms. The maximum Gasteiger partial charge on any atom is 0.326 e. The summed E-state index contributed by atoms with van der Waals surface area (Å²) in [5.41, 5.74) is 1.11. The van der Waals surface area contributed by atoms with Crippen LogP contribution in [0.3, 0.4) is 0 Å². The Labute approximate surface area is 118 Å². The molecule has 1 saturated carbocycles. The average molecular weight is 329 g/mol. The van der Waals surface area contributed by atoms with E-state index in [1.165, 1.54) is 20.5 Å². The zero-order chi connectivity index (χ0) is 14.0. The second-order valence-corrected chi connectivity index (χ2v) is 5.00. The van der Waals surface area contributed by atoms with E-state index >= 15 is 0 Å². The van der Waals surface area contributed by atoms with Gasteiger partial charge in [-0.2, -0.15) is 0 Å². The van der Waals surface area contributed by atoms with E-state index in [1.807, 2.05) is 0 Å². The predicted octanol–water partition coefficient (Wildman–Crippen LogP) is 1.55. The Balaban J connectivity index is 2.44. The molecule has 0 radical (unpaired) electrons. The van der Waals surface area contributed by atoms with Crippen molar-refractivity contribution in [2.75, 3.05) is 14.2 Å². The highest BCUT2D eigenvalue weighted by molar-refractivity contribution is 9.10. The van der Waals surface area contributed by atoms with Crippen LogP contribution in [0, 0.1) is 0 Å². The molecule has 0 saturated heterocycles. The molecule has 1 aromatic rings. The fourth-order valence-corrected chi connectivity index (χ4v) is 2.55. The lowest BCUT2D eigenvalue weighted by atomic mass is 10.0. The highest BCUT2D eigenvalue weighted by atomic mass is 79.9. The van der Waals surface area contributed by atoms with E-state index in [0.29, 0.717) is 10.4 Å². The molecule has 1 heterocycles. The van der Waals surface area contributed by atoms with Crippen LogP contribution < -0.4 is 0 Å². The summed E-state index contributed by atoms with van der Waals surface area (Å²) in [5.74, 6) is -2.22. The van der Waals surface area contributed by atoms with E-state index in [2.05, 4.69) is 35.4 Å². The van der Waals surface area contributed by atoms with E-state index in [1.54, 1.807) is 0 Å². The second kappa shape index (κ2) is 5.64. The van der Waals surface area contributed by atoms with Crippen molar-refractivity contribution in [2.24, 2.45) is 0 Å². The van der Waals surface area contributed by atoms with Crippen LogP contribution in [0.1, 0.15) is 36.1 Å². The standard InChI is InChI=1S/C12H13BrN2O4/c1-18-11(16)7(12(17)19-2)10-8(13)9(6-3-4-6)14-5-15-10/h5-7H,3-4H2,1-2H3. The summed E-state index contributed by atoms with van der Waals surface area (Å²) >= 11 is 3.38. The Morgan fingerprint density at radius 2 is 1.84 bits per heavy atom. The number of hydrogen-bond acceptors (Lipinski definition) is 6. The molecular weight excluding hydrogens is 316 g/mol. The molecule has 0 unspecified atom stereocenters. The maximum absolute atomic E-state index is 11.8. The second-order valence-electron chi connectivity index (χ2n) is 4.21. The Morgan fingerprint density at radius 1 is 1.26 bits per heavy atom. The lowest BCUT2D eigenvalue weighted by Crippen LogP contribution is -2.26. The number of esters is 2. The van der Waals surface area contributed by atoms with Gasteiger partial charge in [0.15, 0.2) is 5.92 Å². The van der Waals surface area contributed by atoms with Crippen molar-refractivity contribution in [3.05, 3.63) is 22.2 Å². The summed E-state index contributed by atoms with van der Waals surface area (Å²) < 4.78 is 9.86. The Hall–Kier alpha value is -1.50. The molecule has 0 aliphatic heterocycles. The molecule has 6 nitrogen and oxygen atoms in total. The highest BCUT2D eigenvalue weighted by Gasteiger charge is 2.37. The molecule has 2 rings (SSSR count). The minimum absolute atomic E-state index is 0.288. The lowest BCUT2D eigenvalue weighted by molar-refractivity contribution is -0.154. The summed E-state index contributed by atoms with van der Waals surface area (Å²) in [6.45, 7) is 0. The van der Waals surface area contributed by atoms with Crippen molar-refractivity contribution in [3.63, 3.8) is 0 Å². The van der Waals surface area contributed by atoms with Gasteiger partial charge in [0.1, 0.15) is 6.33 Å². The van der Waals surface area contributed by atoms with E-state index in [9.17, 15) is 9.59 Å². The molecule has 0 spiro atoms. The van der Waals surface area contributed by atoms with Crippen molar-refractivity contribution in [3.8, 4) is 0 Å². The quantitative estimate of drug-likeness (QED) is 0.616. The number of rotatable bonds is 4. The number of carbonyl (C=O) groups is 2. The summed E-state index contributed by atoms with van der Waals surface area (Å²) in [7, 11) is 2.43. The number of ether oxygens (including phenoxy) is 2. The van der Waals surface area contributed by atoms with E-state index in [4.69, 9.17) is 0 Å². The van der Waals surface area contributed by atoms with Gasteiger partial charge in [-0.25, -0.2) is 9.97 Å². The zero-order valence-corrected chi connectivity index (χ0v) is 12.1. The Morgan fingerprint density at radius 3 is 2.32 bits per heavy atom. The maximum atomic E-state index is 11.8. The largest absolute Gasteiger partial charge is 0.468 e. The monoisotopic (exact) mass is 328 g/mol. The first-order chi connectivity index (χ1) is 9.10. The van der Waals surface area contributed by atoms with Gasteiger partial charge in [0.25, 0.3) is 0 Å². The highest BCUT2D eigenvalue weighted by Crippen LogP contribution is 2.43. The molecule has 0 amide bonds. The summed E-state index contributed by atoms with van der Waals surface area (Å²) in [6, 6.07) is 0. The third kappa shape index (κ3) is 2.75. The first-order valence-corrected chi connectivity index (χ1v) is 6.55. The number of halogens is 1. The number of methoxy groups -OCH3 is 2. The molecule has 0 atom stereocenters. The minimum Gasteiger partial charge on any atom is -0.468 e. The molecule has 1 aliphatic carbocycles. The lowest BCUT2D eigenvalue weighted by Gasteiger charge is -2.14. The summed E-state index contributed by atoms with van der Waals surface area (Å²) in [5, 5.41) is 0. The summed E-state index contributed by atoms with van der Waals surface area (Å²) in [6.07, 6.45) is 3.46. The van der Waals surface area contributed by atoms with E-state index in [-0.39, 0.29) is 5.69 Å². The van der Waals surface area contributed by atoms with Gasteiger partial charge in [-0.1, -0.05) is 0 Å². The first-order valence-electron chi connectivity index (χ1n) is 5.76. The average Bonchev–Trinajstić information content (AvgIpc) is 3.24. The van der Waals surface area contributed by atoms with E-state index in [0.717, 1.165) is 18.5 Å². The molecule has 1 aliphatic rings. The number of nitrogens with zero attached hydrogens (tertiary/aromatic N) is 2. The van der Waals surface area contributed by atoms with Crippen molar-refractivity contribution in [1.29, 1.82) is 0 Å². The molecule has 0 aromatic carbocycles. The molecule has 0 N–H and O–H groups in total. The van der Waals surface area contributed by atoms with Crippen LogP contribution in [-0.4, -0.2) is 36.1 Å². The normalized spacial score (nSPS) is 14.3. The van der Waals surface area contributed by atoms with Crippen LogP contribution in [0.4, 0.5) is 0 Å². The smallest absolute Gasteiger partial charge is 0.326 e. The Bertz CT molecular complexity index is 500. The number of hydrogen-bond donors (Lipinski definition) is 0. The van der Waals surface area contributed by atoms with Crippen LogP contribution in [0.15, 0.2) is 10.8 Å². The van der Waals surface area contributed by atoms with Crippen molar-refractivity contribution >= 4 is 27.9 Å². The molecule has 19 heavy (non-hydrogen) atoms.